The molecule has 0 aliphatic rings. The predicted molar refractivity (Wildman–Crippen MR) is 71.3 cm³/mol. The molecule has 2 aromatic rings. The van der Waals surface area contributed by atoms with Gasteiger partial charge in [-0.3, -0.25) is 14.8 Å². The normalized spacial score (nSPS) is 10.1. The van der Waals surface area contributed by atoms with Crippen LogP contribution in [0.4, 0.5) is 0 Å². The van der Waals surface area contributed by atoms with Gasteiger partial charge in [-0.1, -0.05) is 6.07 Å². The molecule has 0 unspecified atom stereocenters. The number of hydrogen-bond acceptors (Lipinski definition) is 4. The second kappa shape index (κ2) is 5.92. The third kappa shape index (κ3) is 3.38. The molecule has 0 spiro atoms. The zero-order valence-electron chi connectivity index (χ0n) is 10.8. The molecule has 1 amide bonds. The molecule has 0 aliphatic heterocycles. The molecule has 6 heteroatoms. The van der Waals surface area contributed by atoms with Gasteiger partial charge in [0.1, 0.15) is 5.69 Å². The number of rotatable bonds is 4. The summed E-state index contributed by atoms with van der Waals surface area (Å²) in [4.78, 5) is 30.4. The number of carbonyl (C=O) groups excluding carboxylic acids is 1. The van der Waals surface area contributed by atoms with Crippen molar-refractivity contribution in [2.24, 2.45) is 0 Å². The molecule has 0 aromatic carbocycles. The lowest BCUT2D eigenvalue weighted by Crippen LogP contribution is -2.24. The maximum atomic E-state index is 11.8. The summed E-state index contributed by atoms with van der Waals surface area (Å²) in [5, 5.41) is 11.4. The number of pyridine rings is 2. The molecule has 0 aliphatic carbocycles. The molecule has 6 nitrogen and oxygen atoms in total. The quantitative estimate of drug-likeness (QED) is 0.877. The highest BCUT2D eigenvalue weighted by atomic mass is 16.4. The van der Waals surface area contributed by atoms with E-state index in [4.69, 9.17) is 5.11 Å². The number of carboxylic acids is 1. The molecule has 0 saturated carbocycles. The van der Waals surface area contributed by atoms with E-state index < -0.39 is 5.97 Å². The van der Waals surface area contributed by atoms with Crippen LogP contribution in [-0.4, -0.2) is 27.0 Å². The SMILES string of the molecule is Cc1ccc(CNC(=O)c2ccc(C(=O)O)cn2)cn1. The Morgan fingerprint density at radius 2 is 1.95 bits per heavy atom. The van der Waals surface area contributed by atoms with Gasteiger partial charge in [-0.25, -0.2) is 4.79 Å². The lowest BCUT2D eigenvalue weighted by molar-refractivity contribution is 0.0695. The van der Waals surface area contributed by atoms with Gasteiger partial charge in [0.15, 0.2) is 0 Å². The molecular formula is C14H13N3O3. The van der Waals surface area contributed by atoms with Gasteiger partial charge in [-0.15, -0.1) is 0 Å². The van der Waals surface area contributed by atoms with Gasteiger partial charge in [-0.05, 0) is 30.7 Å². The van der Waals surface area contributed by atoms with Crippen LogP contribution in [0.1, 0.15) is 32.1 Å². The second-order valence-corrected chi connectivity index (χ2v) is 4.23. The Morgan fingerprint density at radius 3 is 2.50 bits per heavy atom. The molecule has 0 bridgehead atoms. The monoisotopic (exact) mass is 271 g/mol. The Hall–Kier alpha value is -2.76. The molecular weight excluding hydrogens is 258 g/mol. The summed E-state index contributed by atoms with van der Waals surface area (Å²) in [7, 11) is 0. The number of aromatic nitrogens is 2. The van der Waals surface area contributed by atoms with Crippen molar-refractivity contribution in [2.75, 3.05) is 0 Å². The summed E-state index contributed by atoms with van der Waals surface area (Å²) in [6.45, 7) is 2.23. The standard InChI is InChI=1S/C14H13N3O3/c1-9-2-3-10(6-15-9)7-17-13(18)12-5-4-11(8-16-12)14(19)20/h2-6,8H,7H2,1H3,(H,17,18)(H,19,20). The van der Waals surface area contributed by atoms with Gasteiger partial charge in [-0.2, -0.15) is 0 Å². The fourth-order valence-electron chi connectivity index (χ4n) is 1.53. The second-order valence-electron chi connectivity index (χ2n) is 4.23. The smallest absolute Gasteiger partial charge is 0.337 e. The van der Waals surface area contributed by atoms with Crippen molar-refractivity contribution in [1.82, 2.24) is 15.3 Å². The molecule has 2 heterocycles. The topological polar surface area (TPSA) is 92.2 Å². The van der Waals surface area contributed by atoms with Gasteiger partial charge in [0.05, 0.1) is 5.56 Å². The average Bonchev–Trinajstić information content (AvgIpc) is 2.46. The third-order valence-electron chi connectivity index (χ3n) is 2.67. The number of amides is 1. The van der Waals surface area contributed by atoms with Crippen LogP contribution in [-0.2, 0) is 6.54 Å². The Bertz CT molecular complexity index is 621. The molecule has 0 fully saturated rings. The van der Waals surface area contributed by atoms with Crippen molar-refractivity contribution in [2.45, 2.75) is 13.5 Å². The minimum atomic E-state index is -1.07. The highest BCUT2D eigenvalue weighted by Gasteiger charge is 2.09. The summed E-state index contributed by atoms with van der Waals surface area (Å²) >= 11 is 0. The number of aromatic carboxylic acids is 1. The van der Waals surface area contributed by atoms with Gasteiger partial charge in [0, 0.05) is 24.6 Å². The Morgan fingerprint density at radius 1 is 1.15 bits per heavy atom. The van der Waals surface area contributed by atoms with Crippen LogP contribution >= 0.6 is 0 Å². The highest BCUT2D eigenvalue weighted by Crippen LogP contribution is 2.02. The van der Waals surface area contributed by atoms with E-state index in [1.165, 1.54) is 12.1 Å². The number of aryl methyl sites for hydroxylation is 1. The number of nitrogens with one attached hydrogen (secondary N) is 1. The van der Waals surface area contributed by atoms with Crippen molar-refractivity contribution in [3.63, 3.8) is 0 Å². The molecule has 2 N–H and O–H groups in total. The molecule has 0 radical (unpaired) electrons. The Kier molecular flexibility index (Phi) is 4.05. The summed E-state index contributed by atoms with van der Waals surface area (Å²) in [5.74, 6) is -1.43. The number of carboxylic acid groups (broad SMARTS) is 1. The lowest BCUT2D eigenvalue weighted by atomic mass is 10.2. The molecule has 0 saturated heterocycles. The van der Waals surface area contributed by atoms with Gasteiger partial charge >= 0.3 is 5.97 Å². The Balaban J connectivity index is 1.97. The van der Waals surface area contributed by atoms with Crippen LogP contribution in [0.5, 0.6) is 0 Å². The van der Waals surface area contributed by atoms with Crippen molar-refractivity contribution >= 4 is 11.9 Å². The molecule has 20 heavy (non-hydrogen) atoms. The zero-order chi connectivity index (χ0) is 14.5. The van der Waals surface area contributed by atoms with Gasteiger partial charge in [0.2, 0.25) is 0 Å². The highest BCUT2D eigenvalue weighted by molar-refractivity contribution is 5.93. The summed E-state index contributed by atoms with van der Waals surface area (Å²) in [5.41, 5.74) is 2.01. The van der Waals surface area contributed by atoms with Crippen LogP contribution in [0.2, 0.25) is 0 Å². The van der Waals surface area contributed by atoms with Gasteiger partial charge in [0.25, 0.3) is 5.91 Å². The van der Waals surface area contributed by atoms with Crippen molar-refractivity contribution < 1.29 is 14.7 Å². The largest absolute Gasteiger partial charge is 0.478 e. The number of hydrogen-bond donors (Lipinski definition) is 2. The number of nitrogens with zero attached hydrogens (tertiary/aromatic N) is 2. The van der Waals surface area contributed by atoms with E-state index in [2.05, 4.69) is 15.3 Å². The molecule has 2 rings (SSSR count). The average molecular weight is 271 g/mol. The van der Waals surface area contributed by atoms with E-state index in [0.717, 1.165) is 17.5 Å². The number of carbonyl (C=O) groups is 2. The van der Waals surface area contributed by atoms with Crippen LogP contribution in [0, 0.1) is 6.92 Å². The zero-order valence-corrected chi connectivity index (χ0v) is 10.8. The summed E-state index contributed by atoms with van der Waals surface area (Å²) < 4.78 is 0. The first-order chi connectivity index (χ1) is 9.56. The van der Waals surface area contributed by atoms with Gasteiger partial charge < -0.3 is 10.4 Å². The van der Waals surface area contributed by atoms with Crippen LogP contribution in [0.3, 0.4) is 0 Å². The first-order valence-corrected chi connectivity index (χ1v) is 5.95. The lowest BCUT2D eigenvalue weighted by Gasteiger charge is -2.05. The third-order valence-corrected chi connectivity index (χ3v) is 2.67. The summed E-state index contributed by atoms with van der Waals surface area (Å²) in [6, 6.07) is 6.47. The van der Waals surface area contributed by atoms with E-state index in [0.29, 0.717) is 6.54 Å². The van der Waals surface area contributed by atoms with Crippen molar-refractivity contribution in [3.8, 4) is 0 Å². The van der Waals surface area contributed by atoms with E-state index in [9.17, 15) is 9.59 Å². The van der Waals surface area contributed by atoms with Crippen LogP contribution < -0.4 is 5.32 Å². The van der Waals surface area contributed by atoms with Crippen molar-refractivity contribution in [1.29, 1.82) is 0 Å². The van der Waals surface area contributed by atoms with E-state index in [1.807, 2.05) is 19.1 Å². The first kappa shape index (κ1) is 13.7. The Labute approximate surface area is 115 Å². The van der Waals surface area contributed by atoms with Crippen molar-refractivity contribution in [3.05, 3.63) is 59.2 Å². The fourth-order valence-corrected chi connectivity index (χ4v) is 1.53. The molecule has 102 valence electrons. The maximum absolute atomic E-state index is 11.8. The predicted octanol–water partition coefficient (Wildman–Crippen LogP) is 1.41. The van der Waals surface area contributed by atoms with E-state index >= 15 is 0 Å². The first-order valence-electron chi connectivity index (χ1n) is 5.95. The van der Waals surface area contributed by atoms with E-state index in [1.54, 1.807) is 6.20 Å². The van der Waals surface area contributed by atoms with Crippen LogP contribution in [0.15, 0.2) is 36.7 Å². The summed E-state index contributed by atoms with van der Waals surface area (Å²) in [6.07, 6.45) is 2.85. The molecule has 0 atom stereocenters. The van der Waals surface area contributed by atoms with Crippen LogP contribution in [0.25, 0.3) is 0 Å². The minimum absolute atomic E-state index is 0.0456. The molecule has 2 aromatic heterocycles. The minimum Gasteiger partial charge on any atom is -0.478 e. The van der Waals surface area contributed by atoms with E-state index in [-0.39, 0.29) is 17.2 Å². The maximum Gasteiger partial charge on any atom is 0.337 e. The fraction of sp³-hybridized carbons (Fsp3) is 0.143.